The molecule has 74 heavy (non-hydrogen) atoms. The molecule has 14 heteroatoms. The Bertz CT molecular complexity index is 2270. The summed E-state index contributed by atoms with van der Waals surface area (Å²) in [6.45, 7) is 14.0. The molecule has 3 aromatic rings. The van der Waals surface area contributed by atoms with Crippen molar-refractivity contribution in [2.75, 3.05) is 0 Å². The first-order valence-electron chi connectivity index (χ1n) is 28.4. The van der Waals surface area contributed by atoms with Crippen LogP contribution in [0.25, 0.3) is 11.1 Å². The van der Waals surface area contributed by atoms with E-state index in [1.807, 2.05) is 48.1 Å². The Morgan fingerprint density at radius 1 is 0.365 bits per heavy atom. The van der Waals surface area contributed by atoms with Gasteiger partial charge in [0.2, 0.25) is 20.5 Å². The monoisotopic (exact) mass is 1470 g/mol. The molecule has 0 bridgehead atoms. The molecular formula is C60H84I2O4S7Sn. The van der Waals surface area contributed by atoms with Gasteiger partial charge in [-0.25, -0.2) is 0 Å². The number of thiophene rings is 3. The minimum Gasteiger partial charge on any atom is -0.281 e. The molecule has 0 atom stereocenters. The summed E-state index contributed by atoms with van der Waals surface area (Å²) in [5.74, 6) is 0. The number of hydrogen-bond donors (Lipinski definition) is 0. The topological polar surface area (TPSA) is 68.3 Å². The molecule has 4 aliphatic rings. The third kappa shape index (κ3) is 19.0. The molecule has 0 aromatic carbocycles. The summed E-state index contributed by atoms with van der Waals surface area (Å²) in [5.41, 5.74) is 5.91. The summed E-state index contributed by atoms with van der Waals surface area (Å²) in [5, 5.41) is 7.00. The van der Waals surface area contributed by atoms with Crippen LogP contribution in [-0.4, -0.2) is 38.8 Å². The minimum atomic E-state index is -2.20. The van der Waals surface area contributed by atoms with Gasteiger partial charge in [-0.3, -0.25) is 19.2 Å². The van der Waals surface area contributed by atoms with Crippen LogP contribution in [0.1, 0.15) is 222 Å². The summed E-state index contributed by atoms with van der Waals surface area (Å²) in [6, 6.07) is 6.88. The first kappa shape index (κ1) is 65.2. The predicted molar refractivity (Wildman–Crippen MR) is 355 cm³/mol. The van der Waals surface area contributed by atoms with Gasteiger partial charge in [0.1, 0.15) is 0 Å². The zero-order valence-electron chi connectivity index (χ0n) is 45.4. The van der Waals surface area contributed by atoms with Crippen LogP contribution in [0.5, 0.6) is 0 Å². The number of unbranched alkanes of at least 4 members (excludes halogenated alkanes) is 18. The second-order valence-corrected chi connectivity index (χ2v) is 43.1. The summed E-state index contributed by atoms with van der Waals surface area (Å²) in [7, 11) is 0. The molecule has 0 unspecified atom stereocenters. The Labute approximate surface area is 507 Å². The van der Waals surface area contributed by atoms with Gasteiger partial charge in [0, 0.05) is 29.4 Å². The fourth-order valence-corrected chi connectivity index (χ4v) is 40.1. The van der Waals surface area contributed by atoms with Crippen molar-refractivity contribution in [1.29, 1.82) is 0 Å². The van der Waals surface area contributed by atoms with Gasteiger partial charge in [0.05, 0.1) is 18.3 Å². The number of aryl methyl sites for hydroxylation is 3. The molecule has 0 saturated heterocycles. The third-order valence-corrected chi connectivity index (χ3v) is 43.7. The largest absolute Gasteiger partial charge is 0.281 e. The first-order chi connectivity index (χ1) is 36.0. The van der Waals surface area contributed by atoms with Crippen LogP contribution in [0.3, 0.4) is 0 Å². The van der Waals surface area contributed by atoms with Gasteiger partial charge in [-0.05, 0) is 152 Å². The van der Waals surface area contributed by atoms with Crippen molar-refractivity contribution >= 4 is 179 Å². The Balaban J connectivity index is 0.000000231. The number of halogens is 2. The van der Waals surface area contributed by atoms with Gasteiger partial charge in [-0.2, -0.15) is 0 Å². The number of thioether (sulfide) groups is 4. The first-order valence-corrected chi connectivity index (χ1v) is 43.9. The van der Waals surface area contributed by atoms with Gasteiger partial charge >= 0.3 is 174 Å². The summed E-state index contributed by atoms with van der Waals surface area (Å²) in [6.07, 6.45) is 35.7. The van der Waals surface area contributed by atoms with E-state index >= 15 is 0 Å². The van der Waals surface area contributed by atoms with Gasteiger partial charge in [-0.15, -0.1) is 22.7 Å². The molecule has 0 amide bonds. The SMILES string of the molecule is CCCCCCCCc1ccs[c]1[Sn]([CH2]CCC)([CH2]CCC)[CH2]CCC.CCCCCCCCc1ccsc1C1=C2SC(=O)C(c3sccc3CCCCCCCC)=C2SC1=O.O=C1SC2=C(I)C(=O)SC2=C1I. The maximum Gasteiger partial charge on any atom is 0.231 e. The second kappa shape index (κ2) is 36.0. The van der Waals surface area contributed by atoms with Crippen molar-refractivity contribution in [3.05, 3.63) is 87.6 Å². The van der Waals surface area contributed by atoms with Crippen LogP contribution in [0.15, 0.2) is 61.1 Å². The normalized spacial score (nSPS) is 15.5. The number of carbonyl (C=O) groups excluding carboxylic acids is 4. The Kier molecular flexibility index (Phi) is 31.7. The van der Waals surface area contributed by atoms with Crippen molar-refractivity contribution in [3.63, 3.8) is 0 Å². The minimum absolute atomic E-state index is 0.0646. The standard InChI is InChI=1S/C30H38O2S4.C12H19S.C6I2O2S2.3C4H9.Sn/c1-3-5-7-9-11-13-15-21-17-19-33-25(21)23-27-28(36-29(23)31)24(30(32)35-27)26-22(18-20-34-26)16-14-12-10-8-6-4-2;1-2-3-4-5-6-7-8-12-9-10-13-11-12;7-1-3-4(12-5(1)9)2(8)6(10)11-3;3*1-3-4-2;/h17-20H,3-16H2,1-2H3;9-10H,2-8H2,1H3;;3*1,3-4H2,2H3;. The van der Waals surface area contributed by atoms with Crippen molar-refractivity contribution in [2.45, 2.75) is 228 Å². The van der Waals surface area contributed by atoms with Gasteiger partial charge < -0.3 is 0 Å². The Morgan fingerprint density at radius 3 is 1.05 bits per heavy atom. The van der Waals surface area contributed by atoms with E-state index in [1.165, 1.54) is 206 Å². The van der Waals surface area contributed by atoms with Crippen molar-refractivity contribution in [3.8, 4) is 0 Å². The van der Waals surface area contributed by atoms with E-state index in [4.69, 9.17) is 0 Å². The van der Waals surface area contributed by atoms with Crippen LogP contribution in [0.4, 0.5) is 0 Å². The summed E-state index contributed by atoms with van der Waals surface area (Å²) >= 11 is 12.2. The molecule has 0 fully saturated rings. The number of carbonyl (C=O) groups is 4. The molecule has 7 heterocycles. The molecule has 408 valence electrons. The molecule has 7 rings (SSSR count). The predicted octanol–water partition coefficient (Wildman–Crippen LogP) is 21.8. The molecule has 3 aromatic heterocycles. The average Bonchev–Trinajstić information content (AvgIpc) is 4.30. The van der Waals surface area contributed by atoms with Crippen molar-refractivity contribution in [2.24, 2.45) is 0 Å². The number of hydrogen-bond acceptors (Lipinski definition) is 11. The molecule has 0 saturated carbocycles. The smallest absolute Gasteiger partial charge is 0.231 e. The Morgan fingerprint density at radius 2 is 0.676 bits per heavy atom. The van der Waals surface area contributed by atoms with Gasteiger partial charge in [0.25, 0.3) is 0 Å². The van der Waals surface area contributed by atoms with E-state index in [-0.39, 0.29) is 20.5 Å². The Hall–Kier alpha value is 0.399. The number of rotatable bonds is 33. The zero-order chi connectivity index (χ0) is 53.3. The summed E-state index contributed by atoms with van der Waals surface area (Å²) < 4.78 is 8.23. The average molecular weight is 1470 g/mol. The number of fused-ring (bicyclic) bond motifs is 2. The van der Waals surface area contributed by atoms with Crippen molar-refractivity contribution < 1.29 is 19.2 Å². The van der Waals surface area contributed by atoms with E-state index < -0.39 is 18.4 Å². The van der Waals surface area contributed by atoms with E-state index in [1.54, 1.807) is 41.5 Å². The second-order valence-electron chi connectivity index (χ2n) is 20.2. The van der Waals surface area contributed by atoms with Crippen LogP contribution < -0.4 is 2.89 Å². The molecule has 0 N–H and O–H groups in total. The fourth-order valence-electron chi connectivity index (χ4n) is 10.2. The molecule has 0 aliphatic carbocycles. The van der Waals surface area contributed by atoms with Crippen LogP contribution in [0.2, 0.25) is 13.3 Å². The molecule has 0 spiro atoms. The molecule has 4 nitrogen and oxygen atoms in total. The van der Waals surface area contributed by atoms with Crippen LogP contribution in [-0.2, 0) is 38.4 Å². The molecule has 4 aliphatic heterocycles. The van der Waals surface area contributed by atoms with Gasteiger partial charge in [0.15, 0.2) is 0 Å². The van der Waals surface area contributed by atoms with Crippen LogP contribution in [0, 0.1) is 0 Å². The van der Waals surface area contributed by atoms with Crippen LogP contribution >= 0.6 is 126 Å². The quantitative estimate of drug-likeness (QED) is 0.0339. The summed E-state index contributed by atoms with van der Waals surface area (Å²) in [4.78, 5) is 54.6. The van der Waals surface area contributed by atoms with E-state index in [2.05, 4.69) is 87.2 Å². The molecule has 0 radical (unpaired) electrons. The van der Waals surface area contributed by atoms with Crippen molar-refractivity contribution in [1.82, 2.24) is 0 Å². The van der Waals surface area contributed by atoms with Gasteiger partial charge in [-0.1, -0.05) is 78.1 Å². The van der Waals surface area contributed by atoms with E-state index in [0.717, 1.165) is 66.2 Å². The maximum atomic E-state index is 13.2. The molecular weight excluding hydrogens is 1380 g/mol. The van der Waals surface area contributed by atoms with E-state index in [0.29, 0.717) is 7.16 Å². The van der Waals surface area contributed by atoms with E-state index in [9.17, 15) is 19.2 Å². The third-order valence-electron chi connectivity index (χ3n) is 14.4. The zero-order valence-corrected chi connectivity index (χ0v) is 58.3. The fraction of sp³-hybridized carbons (Fsp3) is 0.600. The maximum absolute atomic E-state index is 13.2.